The van der Waals surface area contributed by atoms with Gasteiger partial charge in [-0.2, -0.15) is 0 Å². The van der Waals surface area contributed by atoms with E-state index < -0.39 is 0 Å². The molecule has 0 saturated heterocycles. The van der Waals surface area contributed by atoms with Gasteiger partial charge in [-0.25, -0.2) is 0 Å². The van der Waals surface area contributed by atoms with Gasteiger partial charge in [-0.05, 0) is 18.2 Å². The lowest BCUT2D eigenvalue weighted by molar-refractivity contribution is -0.120. The maximum absolute atomic E-state index is 11.8. The predicted molar refractivity (Wildman–Crippen MR) is 68.4 cm³/mol. The highest BCUT2D eigenvalue weighted by Crippen LogP contribution is 2.21. The maximum Gasteiger partial charge on any atom is 0.251 e. The molecule has 4 N–H and O–H groups in total. The molecule has 1 aromatic carbocycles. The number of carbonyl (C=O) groups is 2. The topological polar surface area (TPSA) is 93.5 Å². The molecule has 6 nitrogen and oxygen atoms in total. The van der Waals surface area contributed by atoms with Crippen molar-refractivity contribution in [2.75, 3.05) is 26.4 Å². The molecule has 0 unspecified atom stereocenters. The van der Waals surface area contributed by atoms with E-state index in [2.05, 4.69) is 10.6 Å². The van der Waals surface area contributed by atoms with Crippen LogP contribution in [0.1, 0.15) is 16.8 Å². The number of amides is 2. The van der Waals surface area contributed by atoms with Crippen LogP contribution in [0.25, 0.3) is 0 Å². The standard InChI is InChI=1S/C12H17N3O3/c1-14-11(16)5-6-15-12(17)8-3-4-9(13)10(7-8)18-2/h3-4,7H,5-6,13H2,1-2H3,(H,14,16)(H,15,17). The molecule has 18 heavy (non-hydrogen) atoms. The Balaban J connectivity index is 2.59. The minimum atomic E-state index is -0.266. The summed E-state index contributed by atoms with van der Waals surface area (Å²) < 4.78 is 5.03. The van der Waals surface area contributed by atoms with Crippen LogP contribution in [0.15, 0.2) is 18.2 Å². The fourth-order valence-corrected chi connectivity index (χ4v) is 1.37. The zero-order valence-corrected chi connectivity index (χ0v) is 10.4. The molecule has 0 aliphatic rings. The molecule has 2 amide bonds. The van der Waals surface area contributed by atoms with Crippen LogP contribution in [0.2, 0.25) is 0 Å². The van der Waals surface area contributed by atoms with E-state index in [-0.39, 0.29) is 24.8 Å². The number of nitrogen functional groups attached to an aromatic ring is 1. The fourth-order valence-electron chi connectivity index (χ4n) is 1.37. The largest absolute Gasteiger partial charge is 0.495 e. The molecule has 0 fully saturated rings. The minimum absolute atomic E-state index is 0.120. The quantitative estimate of drug-likeness (QED) is 0.649. The molecule has 0 heterocycles. The SMILES string of the molecule is CNC(=O)CCNC(=O)c1ccc(N)c(OC)c1. The molecule has 0 bridgehead atoms. The van der Waals surface area contributed by atoms with Crippen molar-refractivity contribution in [3.05, 3.63) is 23.8 Å². The van der Waals surface area contributed by atoms with Gasteiger partial charge in [0.1, 0.15) is 5.75 Å². The summed E-state index contributed by atoms with van der Waals surface area (Å²) in [6, 6.07) is 4.77. The zero-order chi connectivity index (χ0) is 13.5. The van der Waals surface area contributed by atoms with Gasteiger partial charge in [0.2, 0.25) is 5.91 Å². The average Bonchev–Trinajstić information content (AvgIpc) is 2.38. The van der Waals surface area contributed by atoms with Crippen LogP contribution < -0.4 is 21.1 Å². The Kier molecular flexibility index (Phi) is 4.98. The molecule has 1 aromatic rings. The Hall–Kier alpha value is -2.24. The molecule has 6 heteroatoms. The number of benzene rings is 1. The first kappa shape index (κ1) is 13.8. The predicted octanol–water partition coefficient (Wildman–Crippen LogP) is 0.143. The molecule has 0 aliphatic carbocycles. The number of carbonyl (C=O) groups excluding carboxylic acids is 2. The van der Waals surface area contributed by atoms with Crippen molar-refractivity contribution in [3.63, 3.8) is 0 Å². The lowest BCUT2D eigenvalue weighted by Gasteiger charge is -2.08. The second-order valence-electron chi connectivity index (χ2n) is 3.64. The van der Waals surface area contributed by atoms with Gasteiger partial charge in [0, 0.05) is 25.6 Å². The zero-order valence-electron chi connectivity index (χ0n) is 10.4. The summed E-state index contributed by atoms with van der Waals surface area (Å²) in [5.74, 6) is 0.0661. The lowest BCUT2D eigenvalue weighted by Crippen LogP contribution is -2.29. The number of ether oxygens (including phenoxy) is 1. The van der Waals surface area contributed by atoms with Gasteiger partial charge in [-0.15, -0.1) is 0 Å². The van der Waals surface area contributed by atoms with Gasteiger partial charge in [-0.3, -0.25) is 9.59 Å². The van der Waals surface area contributed by atoms with E-state index in [9.17, 15) is 9.59 Å². The molecular formula is C12H17N3O3. The number of methoxy groups -OCH3 is 1. The third-order valence-corrected chi connectivity index (χ3v) is 2.41. The highest BCUT2D eigenvalue weighted by molar-refractivity contribution is 5.95. The molecule has 1 rings (SSSR count). The molecule has 0 saturated carbocycles. The van der Waals surface area contributed by atoms with Gasteiger partial charge in [0.15, 0.2) is 0 Å². The highest BCUT2D eigenvalue weighted by Gasteiger charge is 2.08. The summed E-state index contributed by atoms with van der Waals surface area (Å²) in [7, 11) is 3.04. The molecule has 0 radical (unpaired) electrons. The summed E-state index contributed by atoms with van der Waals surface area (Å²) >= 11 is 0. The van der Waals surface area contributed by atoms with Gasteiger partial charge in [0.05, 0.1) is 12.8 Å². The van der Waals surface area contributed by atoms with Crippen LogP contribution in [-0.2, 0) is 4.79 Å². The number of hydrogen-bond donors (Lipinski definition) is 3. The Morgan fingerprint density at radius 2 is 2.11 bits per heavy atom. The summed E-state index contributed by atoms with van der Waals surface area (Å²) in [6.07, 6.45) is 0.244. The third-order valence-electron chi connectivity index (χ3n) is 2.41. The van der Waals surface area contributed by atoms with E-state index in [0.29, 0.717) is 17.0 Å². The number of nitrogens with two attached hydrogens (primary N) is 1. The first-order chi connectivity index (χ1) is 8.58. The molecule has 0 atom stereocenters. The van der Waals surface area contributed by atoms with Crippen LogP contribution in [0.5, 0.6) is 5.75 Å². The van der Waals surface area contributed by atoms with Crippen molar-refractivity contribution in [2.45, 2.75) is 6.42 Å². The number of anilines is 1. The second kappa shape index (κ2) is 6.48. The molecule has 0 spiro atoms. The Labute approximate surface area is 105 Å². The number of rotatable bonds is 5. The maximum atomic E-state index is 11.8. The normalized spacial score (nSPS) is 9.67. The van der Waals surface area contributed by atoms with Crippen LogP contribution in [0.3, 0.4) is 0 Å². The number of nitrogens with one attached hydrogen (secondary N) is 2. The highest BCUT2D eigenvalue weighted by atomic mass is 16.5. The van der Waals surface area contributed by atoms with Gasteiger partial charge < -0.3 is 21.1 Å². The summed E-state index contributed by atoms with van der Waals surface area (Å²) in [6.45, 7) is 0.283. The minimum Gasteiger partial charge on any atom is -0.495 e. The van der Waals surface area contributed by atoms with Crippen LogP contribution >= 0.6 is 0 Å². The van der Waals surface area contributed by atoms with Gasteiger partial charge >= 0.3 is 0 Å². The van der Waals surface area contributed by atoms with Crippen molar-refractivity contribution < 1.29 is 14.3 Å². The average molecular weight is 251 g/mol. The molecule has 98 valence electrons. The van der Waals surface area contributed by atoms with Crippen molar-refractivity contribution in [1.29, 1.82) is 0 Å². The molecule has 0 aliphatic heterocycles. The Morgan fingerprint density at radius 1 is 1.39 bits per heavy atom. The van der Waals surface area contributed by atoms with Crippen molar-refractivity contribution >= 4 is 17.5 Å². The summed E-state index contributed by atoms with van der Waals surface area (Å²) in [5.41, 5.74) is 6.56. The van der Waals surface area contributed by atoms with Crippen LogP contribution in [-0.4, -0.2) is 32.5 Å². The van der Waals surface area contributed by atoms with E-state index in [1.54, 1.807) is 25.2 Å². The number of hydrogen-bond acceptors (Lipinski definition) is 4. The monoisotopic (exact) mass is 251 g/mol. The van der Waals surface area contributed by atoms with Crippen molar-refractivity contribution in [3.8, 4) is 5.75 Å². The van der Waals surface area contributed by atoms with Gasteiger partial charge in [-0.1, -0.05) is 0 Å². The van der Waals surface area contributed by atoms with Crippen molar-refractivity contribution in [2.24, 2.45) is 0 Å². The Bertz CT molecular complexity index is 446. The summed E-state index contributed by atoms with van der Waals surface area (Å²) in [5, 5.41) is 5.12. The third kappa shape index (κ3) is 3.65. The van der Waals surface area contributed by atoms with E-state index in [1.807, 2.05) is 0 Å². The summed E-state index contributed by atoms with van der Waals surface area (Å²) in [4.78, 5) is 22.7. The Morgan fingerprint density at radius 3 is 2.72 bits per heavy atom. The van der Waals surface area contributed by atoms with E-state index in [0.717, 1.165) is 0 Å². The van der Waals surface area contributed by atoms with Crippen LogP contribution in [0.4, 0.5) is 5.69 Å². The van der Waals surface area contributed by atoms with Crippen molar-refractivity contribution in [1.82, 2.24) is 10.6 Å². The molecular weight excluding hydrogens is 234 g/mol. The first-order valence-electron chi connectivity index (χ1n) is 5.50. The first-order valence-corrected chi connectivity index (χ1v) is 5.50. The lowest BCUT2D eigenvalue weighted by atomic mass is 10.1. The van der Waals surface area contributed by atoms with E-state index >= 15 is 0 Å². The second-order valence-corrected chi connectivity index (χ2v) is 3.64. The smallest absolute Gasteiger partial charge is 0.251 e. The van der Waals surface area contributed by atoms with E-state index in [1.165, 1.54) is 7.11 Å². The van der Waals surface area contributed by atoms with E-state index in [4.69, 9.17) is 10.5 Å². The van der Waals surface area contributed by atoms with Gasteiger partial charge in [0.25, 0.3) is 5.91 Å². The molecule has 0 aromatic heterocycles. The fraction of sp³-hybridized carbons (Fsp3) is 0.333. The van der Waals surface area contributed by atoms with Crippen LogP contribution in [0, 0.1) is 0 Å².